The molecule has 0 aromatic heterocycles. The fraction of sp³-hybridized carbons (Fsp3) is 0.533. The summed E-state index contributed by atoms with van der Waals surface area (Å²) in [6, 6.07) is 8.08. The van der Waals surface area contributed by atoms with Crippen LogP contribution >= 0.6 is 15.9 Å². The van der Waals surface area contributed by atoms with E-state index in [1.54, 1.807) is 0 Å². The van der Waals surface area contributed by atoms with Gasteiger partial charge in [0.15, 0.2) is 0 Å². The minimum absolute atomic E-state index is 0.0131. The summed E-state index contributed by atoms with van der Waals surface area (Å²) < 4.78 is 1.05. The molecule has 2 unspecified atom stereocenters. The molecule has 1 aliphatic rings. The number of nitrogens with zero attached hydrogens (tertiary/aromatic N) is 1. The third-order valence-electron chi connectivity index (χ3n) is 3.65. The van der Waals surface area contributed by atoms with Gasteiger partial charge < -0.3 is 10.2 Å². The number of carbonyl (C=O) groups excluding carboxylic acids is 1. The largest absolute Gasteiger partial charge is 0.340 e. The van der Waals surface area contributed by atoms with Crippen LogP contribution in [0.4, 0.5) is 0 Å². The Kier molecular flexibility index (Phi) is 4.99. The first-order valence-electron chi connectivity index (χ1n) is 6.79. The van der Waals surface area contributed by atoms with Crippen LogP contribution in [0.1, 0.15) is 25.3 Å². The molecule has 1 amide bonds. The van der Waals surface area contributed by atoms with E-state index in [-0.39, 0.29) is 11.9 Å². The Labute approximate surface area is 123 Å². The van der Waals surface area contributed by atoms with Gasteiger partial charge in [-0.05, 0) is 43.0 Å². The zero-order chi connectivity index (χ0) is 13.8. The van der Waals surface area contributed by atoms with Crippen molar-refractivity contribution >= 4 is 21.8 Å². The third-order valence-corrected chi connectivity index (χ3v) is 4.14. The van der Waals surface area contributed by atoms with Crippen LogP contribution < -0.4 is 5.32 Å². The van der Waals surface area contributed by atoms with E-state index < -0.39 is 0 Å². The lowest BCUT2D eigenvalue weighted by molar-refractivity contribution is -0.133. The van der Waals surface area contributed by atoms with Crippen molar-refractivity contribution in [2.24, 2.45) is 5.92 Å². The molecule has 1 aromatic rings. The molecule has 4 heteroatoms. The zero-order valence-corrected chi connectivity index (χ0v) is 13.1. The molecule has 0 bridgehead atoms. The van der Waals surface area contributed by atoms with Gasteiger partial charge in [0.2, 0.25) is 5.91 Å². The van der Waals surface area contributed by atoms with Gasteiger partial charge in [-0.2, -0.15) is 0 Å². The summed E-state index contributed by atoms with van der Waals surface area (Å²) in [6.45, 7) is 3.82. The van der Waals surface area contributed by atoms with Crippen molar-refractivity contribution < 1.29 is 4.79 Å². The topological polar surface area (TPSA) is 32.3 Å². The molecule has 0 spiro atoms. The van der Waals surface area contributed by atoms with Crippen LogP contribution in [-0.2, 0) is 11.3 Å². The second-order valence-corrected chi connectivity index (χ2v) is 6.38. The van der Waals surface area contributed by atoms with Gasteiger partial charge in [0.25, 0.3) is 0 Å². The summed E-state index contributed by atoms with van der Waals surface area (Å²) in [4.78, 5) is 14.2. The third kappa shape index (κ3) is 4.05. The number of benzene rings is 1. The molecule has 1 aromatic carbocycles. The maximum Gasteiger partial charge on any atom is 0.239 e. The van der Waals surface area contributed by atoms with Gasteiger partial charge in [-0.1, -0.05) is 35.0 Å². The smallest absolute Gasteiger partial charge is 0.239 e. The summed E-state index contributed by atoms with van der Waals surface area (Å²) in [5.41, 5.74) is 1.15. The minimum Gasteiger partial charge on any atom is -0.340 e. The van der Waals surface area contributed by atoms with Crippen molar-refractivity contribution in [3.8, 4) is 0 Å². The number of hydrogen-bond donors (Lipinski definition) is 1. The monoisotopic (exact) mass is 324 g/mol. The van der Waals surface area contributed by atoms with Crippen LogP contribution in [0.25, 0.3) is 0 Å². The Bertz CT molecular complexity index is 450. The van der Waals surface area contributed by atoms with Crippen molar-refractivity contribution in [3.63, 3.8) is 0 Å². The number of likely N-dealkylation sites (N-methyl/N-ethyl adjacent to an activating group) is 1. The first kappa shape index (κ1) is 14.5. The van der Waals surface area contributed by atoms with E-state index >= 15 is 0 Å². The van der Waals surface area contributed by atoms with Gasteiger partial charge >= 0.3 is 0 Å². The number of carbonyl (C=O) groups is 1. The highest BCUT2D eigenvalue weighted by Gasteiger charge is 2.26. The molecule has 1 saturated heterocycles. The zero-order valence-electron chi connectivity index (χ0n) is 11.5. The Morgan fingerprint density at radius 2 is 2.32 bits per heavy atom. The quantitative estimate of drug-likeness (QED) is 0.927. The van der Waals surface area contributed by atoms with Crippen LogP contribution in [0, 0.1) is 5.92 Å². The molecular formula is C15H21BrN2O. The highest BCUT2D eigenvalue weighted by atomic mass is 79.9. The predicted molar refractivity (Wildman–Crippen MR) is 80.8 cm³/mol. The fourth-order valence-corrected chi connectivity index (χ4v) is 3.00. The molecular weight excluding hydrogens is 304 g/mol. The number of hydrogen-bond acceptors (Lipinski definition) is 2. The summed E-state index contributed by atoms with van der Waals surface area (Å²) in [6.07, 6.45) is 2.11. The predicted octanol–water partition coefficient (Wildman–Crippen LogP) is 2.80. The molecule has 1 fully saturated rings. The maximum absolute atomic E-state index is 12.4. The van der Waals surface area contributed by atoms with Crippen LogP contribution in [-0.4, -0.2) is 30.4 Å². The van der Waals surface area contributed by atoms with Crippen molar-refractivity contribution in [1.82, 2.24) is 10.2 Å². The Balaban J connectivity index is 1.95. The molecule has 1 N–H and O–H groups in total. The van der Waals surface area contributed by atoms with E-state index in [4.69, 9.17) is 0 Å². The summed E-state index contributed by atoms with van der Waals surface area (Å²) in [5, 5.41) is 3.33. The molecule has 104 valence electrons. The highest BCUT2D eigenvalue weighted by Crippen LogP contribution is 2.18. The lowest BCUT2D eigenvalue weighted by Crippen LogP contribution is -2.48. The fourth-order valence-electron chi connectivity index (χ4n) is 2.55. The van der Waals surface area contributed by atoms with Gasteiger partial charge in [0.05, 0.1) is 6.04 Å². The van der Waals surface area contributed by atoms with Gasteiger partial charge in [-0.3, -0.25) is 4.79 Å². The van der Waals surface area contributed by atoms with E-state index in [9.17, 15) is 4.79 Å². The maximum atomic E-state index is 12.4. The van der Waals surface area contributed by atoms with Crippen molar-refractivity contribution in [1.29, 1.82) is 0 Å². The van der Waals surface area contributed by atoms with E-state index in [0.717, 1.165) is 23.0 Å². The lowest BCUT2D eigenvalue weighted by Gasteiger charge is -2.30. The Hall–Kier alpha value is -0.870. The summed E-state index contributed by atoms with van der Waals surface area (Å²) in [7, 11) is 1.88. The SMILES string of the molecule is CC1CCNC(C(=O)N(C)Cc2cccc(Br)c2)C1. The second kappa shape index (κ2) is 6.53. The van der Waals surface area contributed by atoms with E-state index in [2.05, 4.69) is 34.2 Å². The molecule has 0 aliphatic carbocycles. The number of rotatable bonds is 3. The number of halogens is 1. The Morgan fingerprint density at radius 1 is 1.53 bits per heavy atom. The van der Waals surface area contributed by atoms with Crippen LogP contribution in [0.15, 0.2) is 28.7 Å². The van der Waals surface area contributed by atoms with E-state index in [1.807, 2.05) is 30.1 Å². The summed E-state index contributed by atoms with van der Waals surface area (Å²) in [5.74, 6) is 0.834. The molecule has 1 aliphatic heterocycles. The highest BCUT2D eigenvalue weighted by molar-refractivity contribution is 9.10. The van der Waals surface area contributed by atoms with Crippen molar-refractivity contribution in [2.45, 2.75) is 32.4 Å². The standard InChI is InChI=1S/C15H21BrN2O/c1-11-6-7-17-14(8-11)15(19)18(2)10-12-4-3-5-13(16)9-12/h3-5,9,11,14,17H,6-8,10H2,1-2H3. The molecule has 0 radical (unpaired) electrons. The number of amides is 1. The molecule has 19 heavy (non-hydrogen) atoms. The van der Waals surface area contributed by atoms with Gasteiger partial charge in [0, 0.05) is 18.1 Å². The van der Waals surface area contributed by atoms with Crippen molar-refractivity contribution in [3.05, 3.63) is 34.3 Å². The average molecular weight is 325 g/mol. The van der Waals surface area contributed by atoms with Gasteiger partial charge in [0.1, 0.15) is 0 Å². The van der Waals surface area contributed by atoms with E-state index in [1.165, 1.54) is 6.42 Å². The Morgan fingerprint density at radius 3 is 3.00 bits per heavy atom. The molecule has 3 nitrogen and oxygen atoms in total. The second-order valence-electron chi connectivity index (χ2n) is 5.46. The molecule has 2 rings (SSSR count). The van der Waals surface area contributed by atoms with Gasteiger partial charge in [-0.15, -0.1) is 0 Å². The van der Waals surface area contributed by atoms with Crippen LogP contribution in [0.5, 0.6) is 0 Å². The molecule has 2 atom stereocenters. The van der Waals surface area contributed by atoms with Crippen LogP contribution in [0.3, 0.4) is 0 Å². The first-order valence-corrected chi connectivity index (χ1v) is 7.58. The normalized spacial score (nSPS) is 23.1. The average Bonchev–Trinajstić information content (AvgIpc) is 2.38. The number of nitrogens with one attached hydrogen (secondary N) is 1. The molecule has 1 heterocycles. The van der Waals surface area contributed by atoms with E-state index in [0.29, 0.717) is 12.5 Å². The minimum atomic E-state index is -0.0131. The lowest BCUT2D eigenvalue weighted by atomic mass is 9.93. The van der Waals surface area contributed by atoms with Gasteiger partial charge in [-0.25, -0.2) is 0 Å². The molecule has 0 saturated carbocycles. The van der Waals surface area contributed by atoms with Crippen LogP contribution in [0.2, 0.25) is 0 Å². The van der Waals surface area contributed by atoms with Crippen molar-refractivity contribution in [2.75, 3.05) is 13.6 Å². The first-order chi connectivity index (χ1) is 9.06. The summed E-state index contributed by atoms with van der Waals surface area (Å²) >= 11 is 3.46. The number of piperidine rings is 1.